The van der Waals surface area contributed by atoms with Gasteiger partial charge in [-0.3, -0.25) is 14.6 Å². The van der Waals surface area contributed by atoms with Gasteiger partial charge in [0.2, 0.25) is 5.16 Å². The van der Waals surface area contributed by atoms with Crippen LogP contribution < -0.4 is 20.9 Å². The molecule has 3 N–H and O–H groups in total. The number of carbonyl (C=O) groups excluding carboxylic acids is 1. The summed E-state index contributed by atoms with van der Waals surface area (Å²) in [5.74, 6) is -0.171. The lowest BCUT2D eigenvalue weighted by Crippen LogP contribution is -2.71. The van der Waals surface area contributed by atoms with Gasteiger partial charge < -0.3 is 10.6 Å². The van der Waals surface area contributed by atoms with Crippen LogP contribution in [0.4, 0.5) is 15.8 Å². The van der Waals surface area contributed by atoms with Crippen molar-refractivity contribution in [1.82, 2.24) is 10.1 Å². The number of amides is 1. The van der Waals surface area contributed by atoms with E-state index in [0.717, 1.165) is 16.6 Å². The van der Waals surface area contributed by atoms with Crippen LogP contribution in [0.5, 0.6) is 0 Å². The fraction of sp³-hybridized carbons (Fsp3) is 0.200. The first-order valence-corrected chi connectivity index (χ1v) is 11.1. The minimum atomic E-state index is -1.58. The first-order chi connectivity index (χ1) is 14.4. The number of halogens is 2. The first kappa shape index (κ1) is 19.3. The normalized spacial score (nSPS) is 18.4. The first-order valence-electron chi connectivity index (χ1n) is 9.33. The summed E-state index contributed by atoms with van der Waals surface area (Å²) in [7, 11) is 0. The van der Waals surface area contributed by atoms with Crippen LogP contribution in [0, 0.1) is 5.82 Å². The zero-order valence-corrected chi connectivity index (χ0v) is 18.2. The maximum atomic E-state index is 14.2. The molecule has 1 spiro atoms. The molecule has 2 aliphatic heterocycles. The highest BCUT2D eigenvalue weighted by Gasteiger charge is 2.62. The van der Waals surface area contributed by atoms with Gasteiger partial charge in [0.1, 0.15) is 5.82 Å². The minimum absolute atomic E-state index is 0.221. The van der Waals surface area contributed by atoms with Crippen molar-refractivity contribution in [2.45, 2.75) is 24.2 Å². The predicted octanol–water partition coefficient (Wildman–Crippen LogP) is 3.21. The van der Waals surface area contributed by atoms with Crippen LogP contribution in [-0.2, 0) is 10.5 Å². The summed E-state index contributed by atoms with van der Waals surface area (Å²) < 4.78 is 16.4. The van der Waals surface area contributed by atoms with Gasteiger partial charge in [0.25, 0.3) is 0 Å². The van der Waals surface area contributed by atoms with E-state index in [9.17, 15) is 14.0 Å². The summed E-state index contributed by atoms with van der Waals surface area (Å²) in [6.07, 6.45) is 0.893. The number of nitrogens with one attached hydrogen (secondary N) is 3. The predicted molar refractivity (Wildman–Crippen MR) is 115 cm³/mol. The average Bonchev–Trinajstić information content (AvgIpc) is 2.98. The van der Waals surface area contributed by atoms with E-state index in [0.29, 0.717) is 27.7 Å². The van der Waals surface area contributed by atoms with Crippen molar-refractivity contribution in [2.24, 2.45) is 0 Å². The summed E-state index contributed by atoms with van der Waals surface area (Å²) in [6, 6.07) is 9.45. The van der Waals surface area contributed by atoms with Gasteiger partial charge in [0.15, 0.2) is 0 Å². The highest BCUT2D eigenvalue weighted by molar-refractivity contribution is 9.10. The molecule has 0 saturated carbocycles. The zero-order chi connectivity index (χ0) is 21.0. The number of H-pyrrole nitrogens is 1. The van der Waals surface area contributed by atoms with E-state index in [4.69, 9.17) is 0 Å². The van der Waals surface area contributed by atoms with Gasteiger partial charge in [-0.1, -0.05) is 34.6 Å². The number of aromatic nitrogens is 3. The third kappa shape index (κ3) is 2.70. The molecule has 10 heteroatoms. The number of thioether (sulfide) groups is 1. The molecule has 30 heavy (non-hydrogen) atoms. The van der Waals surface area contributed by atoms with Crippen LogP contribution in [0.1, 0.15) is 18.9 Å². The molecule has 7 nitrogen and oxygen atoms in total. The summed E-state index contributed by atoms with van der Waals surface area (Å²) in [6.45, 7) is 2.02. The maximum absolute atomic E-state index is 14.2. The second-order valence-corrected chi connectivity index (χ2v) is 9.04. The highest BCUT2D eigenvalue weighted by atomic mass is 79.9. The Morgan fingerprint density at radius 1 is 1.20 bits per heavy atom. The van der Waals surface area contributed by atoms with Crippen molar-refractivity contribution >= 4 is 45.0 Å². The van der Waals surface area contributed by atoms with Gasteiger partial charge >= 0.3 is 22.8 Å². The average molecular weight is 489 g/mol. The molecule has 0 saturated heterocycles. The number of carbonyl (C=O) groups is 1. The van der Waals surface area contributed by atoms with Crippen LogP contribution in [-0.4, -0.2) is 21.7 Å². The van der Waals surface area contributed by atoms with Crippen LogP contribution in [0.2, 0.25) is 0 Å². The lowest BCUT2D eigenvalue weighted by atomic mass is 9.95. The monoisotopic (exact) mass is 488 g/mol. The van der Waals surface area contributed by atoms with Crippen molar-refractivity contribution in [3.05, 3.63) is 62.6 Å². The second kappa shape index (κ2) is 6.92. The topological polar surface area (TPSA) is 90.8 Å². The molecule has 1 atom stereocenters. The number of fused-ring (bicyclic) bond motifs is 6. The fourth-order valence-corrected chi connectivity index (χ4v) is 4.89. The molecule has 0 aliphatic carbocycles. The van der Waals surface area contributed by atoms with Crippen molar-refractivity contribution in [1.29, 1.82) is 0 Å². The van der Waals surface area contributed by atoms with Crippen LogP contribution >= 0.6 is 27.7 Å². The summed E-state index contributed by atoms with van der Waals surface area (Å²) in [5, 5.41) is 11.0. The van der Waals surface area contributed by atoms with Crippen molar-refractivity contribution in [2.75, 3.05) is 16.4 Å². The van der Waals surface area contributed by atoms with Gasteiger partial charge in [-0.15, -0.1) is 0 Å². The van der Waals surface area contributed by atoms with Crippen LogP contribution in [0.15, 0.2) is 50.8 Å². The largest absolute Gasteiger partial charge is 0.374 e. The Bertz CT molecular complexity index is 1280. The summed E-state index contributed by atoms with van der Waals surface area (Å²) in [4.78, 5) is 29.3. The van der Waals surface area contributed by atoms with Gasteiger partial charge in [0.05, 0.1) is 22.5 Å². The smallest absolute Gasteiger partial charge is 0.317 e. The molecule has 2 aromatic carbocycles. The number of nitrogens with zero attached hydrogens (tertiary/aromatic N) is 2. The minimum Gasteiger partial charge on any atom is -0.317 e. The van der Waals surface area contributed by atoms with E-state index in [2.05, 4.69) is 36.6 Å². The number of aromatic amines is 1. The third-order valence-corrected chi connectivity index (χ3v) is 6.66. The van der Waals surface area contributed by atoms with E-state index in [-0.39, 0.29) is 11.3 Å². The Morgan fingerprint density at radius 3 is 2.80 bits per heavy atom. The Balaban J connectivity index is 1.86. The summed E-state index contributed by atoms with van der Waals surface area (Å²) >= 11 is 4.82. The van der Waals surface area contributed by atoms with Gasteiger partial charge in [-0.25, -0.2) is 4.39 Å². The molecule has 0 unspecified atom stereocenters. The van der Waals surface area contributed by atoms with E-state index in [1.807, 2.05) is 13.0 Å². The van der Waals surface area contributed by atoms with E-state index in [1.165, 1.54) is 34.6 Å². The van der Waals surface area contributed by atoms with Crippen molar-refractivity contribution in [3.63, 3.8) is 0 Å². The molecule has 3 aromatic rings. The molecule has 1 aromatic heterocycles. The number of benzene rings is 2. The maximum Gasteiger partial charge on any atom is 0.374 e. The molecule has 0 fully saturated rings. The molecule has 3 heterocycles. The van der Waals surface area contributed by atoms with Crippen molar-refractivity contribution < 1.29 is 13.9 Å². The lowest BCUT2D eigenvalue weighted by Gasteiger charge is -2.28. The van der Waals surface area contributed by atoms with Crippen molar-refractivity contribution in [3.8, 4) is 11.3 Å². The molecular formula is C20H16BrFN5O2S+. The summed E-state index contributed by atoms with van der Waals surface area (Å²) in [5.41, 5.74) is 0.276. The molecule has 0 radical (unpaired) electrons. The Hall–Kier alpha value is -2.72. The second-order valence-electron chi connectivity index (χ2n) is 7.04. The van der Waals surface area contributed by atoms with Gasteiger partial charge in [-0.2, -0.15) is 0 Å². The Morgan fingerprint density at radius 2 is 2.00 bits per heavy atom. The molecule has 152 valence electrons. The zero-order valence-electron chi connectivity index (χ0n) is 15.8. The molecule has 1 amide bonds. The molecule has 5 rings (SSSR count). The third-order valence-electron chi connectivity index (χ3n) is 5.10. The molecular weight excluding hydrogens is 473 g/mol. The number of rotatable bonds is 3. The number of hydrogen-bond acceptors (Lipinski definition) is 5. The fourth-order valence-electron chi connectivity index (χ4n) is 3.82. The Kier molecular flexibility index (Phi) is 4.44. The lowest BCUT2D eigenvalue weighted by molar-refractivity contribution is -0.781. The standard InChI is InChI=1S/C20H15BrFN5O2S/c1-2-7-30-19-24-17(28)16-12-8-10(21)3-5-14(12)25-20(27(16)26-19)13-9-11(22)4-6-15(13)23-18(20)29/h3-6,8-9H,2,7H2,1H3,(H2,23,24,26,28,29)/p+1/t20-/m0/s1. The highest BCUT2D eigenvalue weighted by Crippen LogP contribution is 2.42. The van der Waals surface area contributed by atoms with E-state index >= 15 is 0 Å². The van der Waals surface area contributed by atoms with E-state index in [1.54, 1.807) is 12.1 Å². The van der Waals surface area contributed by atoms with Gasteiger partial charge in [-0.05, 0) is 47.5 Å². The van der Waals surface area contributed by atoms with Gasteiger partial charge in [0, 0.05) is 15.3 Å². The number of anilines is 2. The Labute approximate surface area is 183 Å². The van der Waals surface area contributed by atoms with Crippen LogP contribution in [0.3, 0.4) is 0 Å². The molecule has 0 bridgehead atoms. The number of hydrogen-bond donors (Lipinski definition) is 3. The SMILES string of the molecule is CCCSc1n[n+]2c(c(=O)[nH]1)-c1cc(Br)ccc1N[C@]21C(=O)Nc2ccc(F)cc21. The quantitative estimate of drug-likeness (QED) is 0.389. The molecule has 2 aliphatic rings. The van der Waals surface area contributed by atoms with E-state index < -0.39 is 17.4 Å². The van der Waals surface area contributed by atoms with Crippen LogP contribution in [0.25, 0.3) is 11.3 Å².